The summed E-state index contributed by atoms with van der Waals surface area (Å²) in [7, 11) is -3.89. The normalized spacial score (nSPS) is 11.7. The number of sulfonamides is 1. The topological polar surface area (TPSA) is 121 Å². The van der Waals surface area contributed by atoms with Crippen molar-refractivity contribution >= 4 is 16.0 Å². The Balaban J connectivity index is 2.42. The number of ether oxygens (including phenoxy) is 1. The molecule has 114 valence electrons. The Bertz CT molecular complexity index is 526. The Morgan fingerprint density at radius 1 is 1.45 bits per heavy atom. The highest BCUT2D eigenvalue weighted by Gasteiger charge is 2.24. The van der Waals surface area contributed by atoms with Crippen molar-refractivity contribution in [1.29, 1.82) is 0 Å². The standard InChI is InChI=1S/C11H19N3O5S/c1-2-3-6-19-7-4-5-13-20(17,18)10-9(11(15)16)8-12-14-10/h8,13H,2-7H2,1H3,(H,12,14)(H,15,16). The number of hydrogen-bond acceptors (Lipinski definition) is 5. The molecule has 0 radical (unpaired) electrons. The largest absolute Gasteiger partial charge is 0.478 e. The quantitative estimate of drug-likeness (QED) is 0.544. The number of aromatic nitrogens is 2. The number of carboxylic acids is 1. The first-order chi connectivity index (χ1) is 9.49. The molecule has 0 bridgehead atoms. The molecule has 20 heavy (non-hydrogen) atoms. The monoisotopic (exact) mass is 305 g/mol. The van der Waals surface area contributed by atoms with E-state index >= 15 is 0 Å². The van der Waals surface area contributed by atoms with Gasteiger partial charge in [0.2, 0.25) is 0 Å². The number of nitrogens with one attached hydrogen (secondary N) is 2. The third-order valence-electron chi connectivity index (χ3n) is 2.50. The summed E-state index contributed by atoms with van der Waals surface area (Å²) in [6.45, 7) is 3.35. The van der Waals surface area contributed by atoms with E-state index in [9.17, 15) is 13.2 Å². The van der Waals surface area contributed by atoms with Gasteiger partial charge in [-0.15, -0.1) is 0 Å². The van der Waals surface area contributed by atoms with Crippen LogP contribution in [0.4, 0.5) is 0 Å². The van der Waals surface area contributed by atoms with E-state index in [0.717, 1.165) is 19.0 Å². The molecule has 9 heteroatoms. The summed E-state index contributed by atoms with van der Waals surface area (Å²) in [5.41, 5.74) is -0.378. The Morgan fingerprint density at radius 3 is 2.80 bits per heavy atom. The molecule has 3 N–H and O–H groups in total. The van der Waals surface area contributed by atoms with E-state index < -0.39 is 21.0 Å². The fourth-order valence-electron chi connectivity index (χ4n) is 1.43. The fourth-order valence-corrected chi connectivity index (χ4v) is 2.59. The number of H-pyrrole nitrogens is 1. The molecular formula is C11H19N3O5S. The van der Waals surface area contributed by atoms with Crippen LogP contribution in [0.3, 0.4) is 0 Å². The summed E-state index contributed by atoms with van der Waals surface area (Å²) in [4.78, 5) is 10.8. The van der Waals surface area contributed by atoms with Gasteiger partial charge in [-0.3, -0.25) is 5.10 Å². The predicted octanol–water partition coefficient (Wildman–Crippen LogP) is 0.593. The van der Waals surface area contributed by atoms with Gasteiger partial charge in [-0.05, 0) is 12.8 Å². The molecule has 0 aliphatic heterocycles. The van der Waals surface area contributed by atoms with Gasteiger partial charge in [0.25, 0.3) is 10.0 Å². The molecule has 0 aliphatic rings. The van der Waals surface area contributed by atoms with Crippen LogP contribution in [-0.4, -0.2) is 49.4 Å². The summed E-state index contributed by atoms with van der Waals surface area (Å²) in [5, 5.41) is 14.0. The van der Waals surface area contributed by atoms with Crippen LogP contribution in [0.5, 0.6) is 0 Å². The molecule has 0 aromatic carbocycles. The van der Waals surface area contributed by atoms with E-state index in [1.807, 2.05) is 0 Å². The molecule has 0 spiro atoms. The lowest BCUT2D eigenvalue weighted by molar-refractivity contribution is 0.0692. The van der Waals surface area contributed by atoms with E-state index in [2.05, 4.69) is 21.8 Å². The maximum atomic E-state index is 11.9. The molecule has 8 nitrogen and oxygen atoms in total. The highest BCUT2D eigenvalue weighted by molar-refractivity contribution is 7.89. The fraction of sp³-hybridized carbons (Fsp3) is 0.636. The molecule has 0 unspecified atom stereocenters. The van der Waals surface area contributed by atoms with Gasteiger partial charge in [0.1, 0.15) is 5.56 Å². The van der Waals surface area contributed by atoms with Crippen molar-refractivity contribution in [3.63, 3.8) is 0 Å². The van der Waals surface area contributed by atoms with Gasteiger partial charge in [0, 0.05) is 19.8 Å². The van der Waals surface area contributed by atoms with Gasteiger partial charge in [-0.1, -0.05) is 13.3 Å². The molecule has 1 aromatic rings. The first-order valence-corrected chi connectivity index (χ1v) is 7.81. The van der Waals surface area contributed by atoms with Gasteiger partial charge in [-0.25, -0.2) is 17.9 Å². The maximum Gasteiger partial charge on any atom is 0.340 e. The summed E-state index contributed by atoms with van der Waals surface area (Å²) in [6, 6.07) is 0. The average Bonchev–Trinajstić information content (AvgIpc) is 2.88. The SMILES string of the molecule is CCCCOCCCNS(=O)(=O)c1[nH]ncc1C(=O)O. The van der Waals surface area contributed by atoms with Gasteiger partial charge in [-0.2, -0.15) is 5.10 Å². The molecule has 0 saturated heterocycles. The minimum absolute atomic E-state index is 0.173. The number of rotatable bonds is 10. The molecule has 0 aliphatic carbocycles. The van der Waals surface area contributed by atoms with Crippen LogP contribution in [0.2, 0.25) is 0 Å². The zero-order valence-electron chi connectivity index (χ0n) is 11.3. The highest BCUT2D eigenvalue weighted by Crippen LogP contribution is 2.11. The molecule has 0 saturated carbocycles. The minimum atomic E-state index is -3.89. The van der Waals surface area contributed by atoms with Crippen LogP contribution < -0.4 is 4.72 Å². The second-order valence-corrected chi connectivity index (χ2v) is 5.84. The zero-order chi connectivity index (χ0) is 15.0. The van der Waals surface area contributed by atoms with E-state index in [-0.39, 0.29) is 12.1 Å². The van der Waals surface area contributed by atoms with Crippen molar-refractivity contribution < 1.29 is 23.1 Å². The van der Waals surface area contributed by atoms with Crippen molar-refractivity contribution in [2.75, 3.05) is 19.8 Å². The summed E-state index contributed by atoms with van der Waals surface area (Å²) < 4.78 is 31.3. The number of unbranched alkanes of at least 4 members (excludes halogenated alkanes) is 1. The Kier molecular flexibility index (Phi) is 6.62. The van der Waals surface area contributed by atoms with Crippen molar-refractivity contribution in [1.82, 2.24) is 14.9 Å². The lowest BCUT2D eigenvalue weighted by atomic mass is 10.4. The van der Waals surface area contributed by atoms with Crippen LogP contribution >= 0.6 is 0 Å². The average molecular weight is 305 g/mol. The van der Waals surface area contributed by atoms with Gasteiger partial charge in [0.15, 0.2) is 5.03 Å². The summed E-state index contributed by atoms with van der Waals surface area (Å²) in [6.07, 6.45) is 3.50. The highest BCUT2D eigenvalue weighted by atomic mass is 32.2. The van der Waals surface area contributed by atoms with Crippen LogP contribution in [-0.2, 0) is 14.8 Å². The molecule has 1 rings (SSSR count). The van der Waals surface area contributed by atoms with Crippen LogP contribution in [0, 0.1) is 0 Å². The molecular weight excluding hydrogens is 286 g/mol. The Morgan fingerprint density at radius 2 is 2.15 bits per heavy atom. The number of nitrogens with zero attached hydrogens (tertiary/aromatic N) is 1. The van der Waals surface area contributed by atoms with Gasteiger partial charge >= 0.3 is 5.97 Å². The summed E-state index contributed by atoms with van der Waals surface area (Å²) >= 11 is 0. The molecule has 0 atom stereocenters. The number of aromatic amines is 1. The van der Waals surface area contributed by atoms with Gasteiger partial charge < -0.3 is 9.84 Å². The second kappa shape index (κ2) is 7.98. The number of aromatic carboxylic acids is 1. The van der Waals surface area contributed by atoms with Crippen LogP contribution in [0.15, 0.2) is 11.2 Å². The zero-order valence-corrected chi connectivity index (χ0v) is 12.1. The van der Waals surface area contributed by atoms with Crippen LogP contribution in [0.1, 0.15) is 36.5 Å². The number of hydrogen-bond donors (Lipinski definition) is 3. The Hall–Kier alpha value is -1.45. The van der Waals surface area contributed by atoms with Crippen LogP contribution in [0.25, 0.3) is 0 Å². The maximum absolute atomic E-state index is 11.9. The Labute approximate surface area is 117 Å². The second-order valence-electron chi connectivity index (χ2n) is 4.14. The molecule has 0 fully saturated rings. The molecule has 1 heterocycles. The number of carbonyl (C=O) groups is 1. The first kappa shape index (κ1) is 16.6. The van der Waals surface area contributed by atoms with E-state index in [0.29, 0.717) is 19.6 Å². The van der Waals surface area contributed by atoms with Crippen molar-refractivity contribution in [3.05, 3.63) is 11.8 Å². The van der Waals surface area contributed by atoms with E-state index in [1.54, 1.807) is 0 Å². The molecule has 0 amide bonds. The van der Waals surface area contributed by atoms with Crippen molar-refractivity contribution in [2.24, 2.45) is 0 Å². The van der Waals surface area contributed by atoms with E-state index in [1.165, 1.54) is 0 Å². The lowest BCUT2D eigenvalue weighted by Crippen LogP contribution is -2.27. The minimum Gasteiger partial charge on any atom is -0.478 e. The van der Waals surface area contributed by atoms with E-state index in [4.69, 9.17) is 9.84 Å². The van der Waals surface area contributed by atoms with Gasteiger partial charge in [0.05, 0.1) is 6.20 Å². The third-order valence-corrected chi connectivity index (χ3v) is 3.94. The predicted molar refractivity (Wildman–Crippen MR) is 71.1 cm³/mol. The first-order valence-electron chi connectivity index (χ1n) is 6.33. The number of carboxylic acid groups (broad SMARTS) is 1. The third kappa shape index (κ3) is 4.91. The smallest absolute Gasteiger partial charge is 0.340 e. The van der Waals surface area contributed by atoms with Crippen molar-refractivity contribution in [2.45, 2.75) is 31.2 Å². The molecule has 1 aromatic heterocycles. The summed E-state index contributed by atoms with van der Waals surface area (Å²) in [5.74, 6) is -1.35. The van der Waals surface area contributed by atoms with Crippen molar-refractivity contribution in [3.8, 4) is 0 Å². The lowest BCUT2D eigenvalue weighted by Gasteiger charge is -2.06.